The third kappa shape index (κ3) is 4.52. The molecule has 0 unspecified atom stereocenters. The minimum absolute atomic E-state index is 0.236. The quantitative estimate of drug-likeness (QED) is 0.498. The minimum atomic E-state index is -3.49. The molecule has 168 valence electrons. The Morgan fingerprint density at radius 1 is 1.31 bits per heavy atom. The van der Waals surface area contributed by atoms with Crippen molar-refractivity contribution in [3.05, 3.63) is 40.5 Å². The molecule has 1 amide bonds. The van der Waals surface area contributed by atoms with Crippen molar-refractivity contribution in [3.63, 3.8) is 0 Å². The zero-order valence-electron chi connectivity index (χ0n) is 17.6. The van der Waals surface area contributed by atoms with Crippen molar-refractivity contribution in [2.75, 3.05) is 19.7 Å². The molecule has 3 aromatic rings. The molecule has 1 aromatic carbocycles. The summed E-state index contributed by atoms with van der Waals surface area (Å²) in [7, 11) is -3.49. The average Bonchev–Trinajstić information content (AvgIpc) is 3.44. The summed E-state index contributed by atoms with van der Waals surface area (Å²) in [6.07, 6.45) is 6.44. The van der Waals surface area contributed by atoms with Gasteiger partial charge in [0.1, 0.15) is 9.96 Å². The minimum Gasteiger partial charge on any atom is -0.494 e. The summed E-state index contributed by atoms with van der Waals surface area (Å²) in [5.41, 5.74) is 0.903. The van der Waals surface area contributed by atoms with Crippen molar-refractivity contribution in [1.82, 2.24) is 8.87 Å². The first kappa shape index (κ1) is 22.7. The fraction of sp³-hybridized carbons (Fsp3) is 0.364. The molecule has 10 heteroatoms. The van der Waals surface area contributed by atoms with E-state index in [0.29, 0.717) is 48.1 Å². The molecule has 0 radical (unpaired) electrons. The van der Waals surface area contributed by atoms with Crippen LogP contribution < -0.4 is 9.54 Å². The van der Waals surface area contributed by atoms with Gasteiger partial charge in [-0.05, 0) is 49.4 Å². The van der Waals surface area contributed by atoms with Gasteiger partial charge in [-0.2, -0.15) is 9.30 Å². The van der Waals surface area contributed by atoms with Crippen LogP contribution in [0.25, 0.3) is 10.2 Å². The SMILES string of the molecule is C#CCn1c(=NC(=O)C2CCN(S(=O)(=O)c3cccs3)CC2)sc2cc(OCC)ccc21. The van der Waals surface area contributed by atoms with E-state index in [4.69, 9.17) is 11.2 Å². The number of terminal acetylenes is 1. The summed E-state index contributed by atoms with van der Waals surface area (Å²) in [4.78, 5) is 17.9. The van der Waals surface area contributed by atoms with Crippen molar-refractivity contribution in [1.29, 1.82) is 0 Å². The monoisotopic (exact) mass is 489 g/mol. The molecular formula is C22H23N3O4S3. The molecule has 0 N–H and O–H groups in total. The standard InChI is InChI=1S/C22H23N3O4S3/c1-3-11-25-18-8-7-17(29-4-2)15-19(18)31-22(25)23-21(26)16-9-12-24(13-10-16)32(27,28)20-6-5-14-30-20/h1,5-8,14-16H,4,9-13H2,2H3. The first-order valence-electron chi connectivity index (χ1n) is 10.3. The third-order valence-electron chi connectivity index (χ3n) is 5.31. The number of aromatic nitrogens is 1. The van der Waals surface area contributed by atoms with E-state index in [0.717, 1.165) is 16.0 Å². The first-order valence-corrected chi connectivity index (χ1v) is 13.4. The number of piperidine rings is 1. The number of thiazole rings is 1. The Kier molecular flexibility index (Phi) is 6.81. The van der Waals surface area contributed by atoms with E-state index in [1.165, 1.54) is 27.0 Å². The molecule has 0 saturated carbocycles. The lowest BCUT2D eigenvalue weighted by Gasteiger charge is -2.29. The van der Waals surface area contributed by atoms with Crippen molar-refractivity contribution in [2.45, 2.75) is 30.5 Å². The highest BCUT2D eigenvalue weighted by molar-refractivity contribution is 7.91. The molecule has 2 aromatic heterocycles. The molecule has 4 rings (SSSR count). The van der Waals surface area contributed by atoms with Crippen LogP contribution in [-0.4, -0.2) is 42.9 Å². The Balaban J connectivity index is 1.55. The number of hydrogen-bond acceptors (Lipinski definition) is 6. The van der Waals surface area contributed by atoms with Gasteiger partial charge >= 0.3 is 0 Å². The van der Waals surface area contributed by atoms with Gasteiger partial charge in [0.15, 0.2) is 4.80 Å². The third-order valence-corrected chi connectivity index (χ3v) is 9.63. The highest BCUT2D eigenvalue weighted by Gasteiger charge is 2.32. The van der Waals surface area contributed by atoms with Crippen molar-refractivity contribution in [3.8, 4) is 18.1 Å². The number of thiophene rings is 1. The summed E-state index contributed by atoms with van der Waals surface area (Å²) in [6, 6.07) is 9.05. The summed E-state index contributed by atoms with van der Waals surface area (Å²) < 4.78 is 35.6. The number of carbonyl (C=O) groups excluding carboxylic acids is 1. The number of hydrogen-bond donors (Lipinski definition) is 0. The van der Waals surface area contributed by atoms with Gasteiger partial charge < -0.3 is 9.30 Å². The van der Waals surface area contributed by atoms with E-state index in [1.54, 1.807) is 17.5 Å². The predicted molar refractivity (Wildman–Crippen MR) is 126 cm³/mol. The maximum Gasteiger partial charge on any atom is 0.252 e. The molecule has 32 heavy (non-hydrogen) atoms. The van der Waals surface area contributed by atoms with Crippen LogP contribution in [0.15, 0.2) is 44.9 Å². The normalized spacial score (nSPS) is 16.3. The number of amides is 1. The van der Waals surface area contributed by atoms with Crippen LogP contribution in [0.3, 0.4) is 0 Å². The number of rotatable bonds is 6. The summed E-state index contributed by atoms with van der Waals surface area (Å²) in [6.45, 7) is 3.41. The van der Waals surface area contributed by atoms with Gasteiger partial charge in [0.25, 0.3) is 15.9 Å². The molecule has 0 bridgehead atoms. The average molecular weight is 490 g/mol. The van der Waals surface area contributed by atoms with Gasteiger partial charge in [0.05, 0.1) is 23.4 Å². The molecule has 3 heterocycles. The van der Waals surface area contributed by atoms with Gasteiger partial charge in [-0.25, -0.2) is 8.42 Å². The second kappa shape index (κ2) is 9.58. The highest BCUT2D eigenvalue weighted by atomic mass is 32.2. The topological polar surface area (TPSA) is 81.0 Å². The Morgan fingerprint density at radius 2 is 2.09 bits per heavy atom. The fourth-order valence-corrected chi connectivity index (χ4v) is 7.38. The lowest BCUT2D eigenvalue weighted by molar-refractivity contribution is -0.122. The van der Waals surface area contributed by atoms with E-state index < -0.39 is 10.0 Å². The smallest absolute Gasteiger partial charge is 0.252 e. The molecule has 1 aliphatic rings. The number of benzene rings is 1. The predicted octanol–water partition coefficient (Wildman–Crippen LogP) is 3.32. The zero-order valence-corrected chi connectivity index (χ0v) is 20.0. The van der Waals surface area contributed by atoms with Crippen molar-refractivity contribution >= 4 is 48.8 Å². The van der Waals surface area contributed by atoms with Crippen LogP contribution in [0.5, 0.6) is 5.75 Å². The Hall–Kier alpha value is -2.45. The molecule has 7 nitrogen and oxygen atoms in total. The van der Waals surface area contributed by atoms with Gasteiger partial charge in [-0.3, -0.25) is 4.79 Å². The molecular weight excluding hydrogens is 466 g/mol. The number of carbonyl (C=O) groups is 1. The van der Waals surface area contributed by atoms with Crippen molar-refractivity contribution in [2.24, 2.45) is 10.9 Å². The Labute approximate surface area is 195 Å². The maximum absolute atomic E-state index is 12.9. The maximum atomic E-state index is 12.9. The van der Waals surface area contributed by atoms with Crippen molar-refractivity contribution < 1.29 is 17.9 Å². The van der Waals surface area contributed by atoms with E-state index >= 15 is 0 Å². The molecule has 1 saturated heterocycles. The molecule has 1 fully saturated rings. The molecule has 0 atom stereocenters. The van der Waals surface area contributed by atoms with Gasteiger partial charge in [-0.15, -0.1) is 17.8 Å². The van der Waals surface area contributed by atoms with E-state index in [-0.39, 0.29) is 11.8 Å². The van der Waals surface area contributed by atoms with Gasteiger partial charge in [0, 0.05) is 19.0 Å². The van der Waals surface area contributed by atoms with E-state index in [2.05, 4.69) is 10.9 Å². The van der Waals surface area contributed by atoms with Crippen LogP contribution in [0.2, 0.25) is 0 Å². The first-order chi connectivity index (χ1) is 15.4. The van der Waals surface area contributed by atoms with Crippen LogP contribution in [0.1, 0.15) is 19.8 Å². The lowest BCUT2D eigenvalue weighted by atomic mass is 9.98. The Morgan fingerprint density at radius 3 is 2.75 bits per heavy atom. The molecule has 0 spiro atoms. The number of ether oxygens (including phenoxy) is 1. The lowest BCUT2D eigenvalue weighted by Crippen LogP contribution is -2.40. The highest BCUT2D eigenvalue weighted by Crippen LogP contribution is 2.27. The van der Waals surface area contributed by atoms with Gasteiger partial charge in [-0.1, -0.05) is 23.3 Å². The molecule has 0 aliphatic carbocycles. The van der Waals surface area contributed by atoms with Crippen LogP contribution in [0, 0.1) is 18.3 Å². The number of fused-ring (bicyclic) bond motifs is 1. The van der Waals surface area contributed by atoms with E-state index in [9.17, 15) is 13.2 Å². The van der Waals surface area contributed by atoms with Gasteiger partial charge in [0.2, 0.25) is 0 Å². The second-order valence-corrected chi connectivity index (χ2v) is 11.4. The van der Waals surface area contributed by atoms with Crippen LogP contribution >= 0.6 is 22.7 Å². The van der Waals surface area contributed by atoms with Crippen LogP contribution in [0.4, 0.5) is 0 Å². The Bertz CT molecular complexity index is 1320. The zero-order chi connectivity index (χ0) is 22.7. The number of nitrogens with zero attached hydrogens (tertiary/aromatic N) is 3. The summed E-state index contributed by atoms with van der Waals surface area (Å²) in [5.74, 6) is 2.83. The summed E-state index contributed by atoms with van der Waals surface area (Å²) in [5, 5.41) is 1.75. The fourth-order valence-electron chi connectivity index (χ4n) is 3.71. The van der Waals surface area contributed by atoms with E-state index in [1.807, 2.05) is 29.7 Å². The largest absolute Gasteiger partial charge is 0.494 e. The second-order valence-electron chi connectivity index (χ2n) is 7.30. The summed E-state index contributed by atoms with van der Waals surface area (Å²) >= 11 is 2.60. The number of sulfonamides is 1. The molecule has 1 aliphatic heterocycles. The van der Waals surface area contributed by atoms with Crippen LogP contribution in [-0.2, 0) is 21.4 Å².